The summed E-state index contributed by atoms with van der Waals surface area (Å²) in [5.74, 6) is 0.672. The van der Waals surface area contributed by atoms with Gasteiger partial charge in [-0.2, -0.15) is 0 Å². The predicted molar refractivity (Wildman–Crippen MR) is 69.1 cm³/mol. The molecule has 0 amide bonds. The van der Waals surface area contributed by atoms with E-state index >= 15 is 0 Å². The summed E-state index contributed by atoms with van der Waals surface area (Å²) in [6.07, 6.45) is 0. The number of likely N-dealkylation sites (N-methyl/N-ethyl adjacent to an activating group) is 1. The molecule has 90 valence electrons. The van der Waals surface area contributed by atoms with E-state index < -0.39 is 0 Å². The van der Waals surface area contributed by atoms with E-state index in [9.17, 15) is 0 Å². The van der Waals surface area contributed by atoms with E-state index in [1.165, 1.54) is 0 Å². The molecule has 0 aromatic heterocycles. The van der Waals surface area contributed by atoms with Crippen LogP contribution in [-0.2, 0) is 0 Å². The maximum absolute atomic E-state index is 6.02. The van der Waals surface area contributed by atoms with Gasteiger partial charge < -0.3 is 15.4 Å². The van der Waals surface area contributed by atoms with Crippen LogP contribution in [0.1, 0.15) is 13.8 Å². The number of nitrogens with zero attached hydrogens (tertiary/aromatic N) is 1. The van der Waals surface area contributed by atoms with Gasteiger partial charge in [-0.3, -0.25) is 0 Å². The first-order valence-electron chi connectivity index (χ1n) is 5.18. The van der Waals surface area contributed by atoms with Crippen LogP contribution >= 0.6 is 11.6 Å². The summed E-state index contributed by atoms with van der Waals surface area (Å²) in [5.41, 5.74) is 6.22. The summed E-state index contributed by atoms with van der Waals surface area (Å²) in [5, 5.41) is 0.551. The molecule has 1 rings (SSSR count). The van der Waals surface area contributed by atoms with Gasteiger partial charge in [-0.1, -0.05) is 11.6 Å². The first-order chi connectivity index (χ1) is 7.33. The normalized spacial score (nSPS) is 11.9. The highest BCUT2D eigenvalue weighted by Gasteiger charge is 2.21. The lowest BCUT2D eigenvalue weighted by Crippen LogP contribution is -2.43. The molecule has 4 heteroatoms. The molecule has 0 saturated heterocycles. The fourth-order valence-corrected chi connectivity index (χ4v) is 1.26. The fraction of sp³-hybridized carbons (Fsp3) is 0.500. The van der Waals surface area contributed by atoms with Crippen LogP contribution in [0.3, 0.4) is 0 Å². The molecule has 2 N–H and O–H groups in total. The monoisotopic (exact) mass is 242 g/mol. The molecule has 0 saturated carbocycles. The Morgan fingerprint density at radius 2 is 2.00 bits per heavy atom. The van der Waals surface area contributed by atoms with Crippen molar-refractivity contribution in [2.24, 2.45) is 0 Å². The smallest absolute Gasteiger partial charge is 0.138 e. The molecule has 0 heterocycles. The van der Waals surface area contributed by atoms with Gasteiger partial charge in [0.25, 0.3) is 0 Å². The first-order valence-corrected chi connectivity index (χ1v) is 5.56. The SMILES string of the molecule is CN(C)C(C)(C)COc1ccc(N)cc1Cl. The Kier molecular flexibility index (Phi) is 4.05. The van der Waals surface area contributed by atoms with Crippen LogP contribution < -0.4 is 10.5 Å². The molecule has 0 unspecified atom stereocenters. The minimum Gasteiger partial charge on any atom is -0.490 e. The molecule has 0 aliphatic rings. The van der Waals surface area contributed by atoms with Crippen molar-refractivity contribution in [1.82, 2.24) is 4.90 Å². The molecule has 0 atom stereocenters. The average Bonchev–Trinajstić information content (AvgIpc) is 2.16. The Balaban J connectivity index is 2.68. The zero-order valence-corrected chi connectivity index (χ0v) is 11.0. The van der Waals surface area contributed by atoms with Crippen molar-refractivity contribution in [1.29, 1.82) is 0 Å². The summed E-state index contributed by atoms with van der Waals surface area (Å²) in [7, 11) is 4.04. The lowest BCUT2D eigenvalue weighted by molar-refractivity contribution is 0.114. The molecule has 0 radical (unpaired) electrons. The standard InChI is InChI=1S/C12H19ClN2O/c1-12(2,15(3)4)8-16-11-6-5-9(14)7-10(11)13/h5-7H,8,14H2,1-4H3. The molecule has 0 bridgehead atoms. The van der Waals surface area contributed by atoms with Crippen LogP contribution in [0.5, 0.6) is 5.75 Å². The van der Waals surface area contributed by atoms with Crippen molar-refractivity contribution in [3.63, 3.8) is 0 Å². The molecule has 0 fully saturated rings. The zero-order valence-electron chi connectivity index (χ0n) is 10.2. The van der Waals surface area contributed by atoms with Gasteiger partial charge in [-0.25, -0.2) is 0 Å². The van der Waals surface area contributed by atoms with Gasteiger partial charge in [0.2, 0.25) is 0 Å². The van der Waals surface area contributed by atoms with Crippen molar-refractivity contribution >= 4 is 17.3 Å². The average molecular weight is 243 g/mol. The van der Waals surface area contributed by atoms with Crippen LogP contribution in [-0.4, -0.2) is 31.1 Å². The largest absolute Gasteiger partial charge is 0.490 e. The van der Waals surface area contributed by atoms with Crippen LogP contribution in [0, 0.1) is 0 Å². The quantitative estimate of drug-likeness (QED) is 0.825. The van der Waals surface area contributed by atoms with E-state index in [-0.39, 0.29) is 5.54 Å². The maximum atomic E-state index is 6.02. The van der Waals surface area contributed by atoms with E-state index in [0.29, 0.717) is 23.1 Å². The molecule has 0 aliphatic heterocycles. The van der Waals surface area contributed by atoms with E-state index in [1.54, 1.807) is 18.2 Å². The van der Waals surface area contributed by atoms with Gasteiger partial charge in [0.1, 0.15) is 12.4 Å². The number of rotatable bonds is 4. The second kappa shape index (κ2) is 4.93. The van der Waals surface area contributed by atoms with Gasteiger partial charge in [0.15, 0.2) is 0 Å². The van der Waals surface area contributed by atoms with Crippen LogP contribution in [0.4, 0.5) is 5.69 Å². The number of hydrogen-bond acceptors (Lipinski definition) is 3. The van der Waals surface area contributed by atoms with Crippen LogP contribution in [0.15, 0.2) is 18.2 Å². The number of anilines is 1. The minimum atomic E-state index is -0.0370. The molecular weight excluding hydrogens is 224 g/mol. The first kappa shape index (κ1) is 13.1. The number of nitrogens with two attached hydrogens (primary N) is 1. The van der Waals surface area contributed by atoms with Gasteiger partial charge in [0, 0.05) is 11.2 Å². The van der Waals surface area contributed by atoms with Crippen LogP contribution in [0.2, 0.25) is 5.02 Å². The van der Waals surface area contributed by atoms with E-state index in [2.05, 4.69) is 18.7 Å². The number of hydrogen-bond donors (Lipinski definition) is 1. The highest BCUT2D eigenvalue weighted by Crippen LogP contribution is 2.27. The Labute approximate surface area is 102 Å². The Morgan fingerprint density at radius 1 is 1.38 bits per heavy atom. The van der Waals surface area contributed by atoms with Crippen molar-refractivity contribution in [2.45, 2.75) is 19.4 Å². The van der Waals surface area contributed by atoms with E-state index in [4.69, 9.17) is 22.1 Å². The Bertz CT molecular complexity index is 364. The lowest BCUT2D eigenvalue weighted by atomic mass is 10.1. The summed E-state index contributed by atoms with van der Waals surface area (Å²) in [6.45, 7) is 4.79. The summed E-state index contributed by atoms with van der Waals surface area (Å²) in [6, 6.07) is 5.27. The van der Waals surface area contributed by atoms with Gasteiger partial charge >= 0.3 is 0 Å². The number of ether oxygens (including phenoxy) is 1. The third-order valence-electron chi connectivity index (χ3n) is 2.75. The Hall–Kier alpha value is -0.930. The van der Waals surface area contributed by atoms with Gasteiger partial charge in [0.05, 0.1) is 5.02 Å². The number of halogens is 1. The number of nitrogen functional groups attached to an aromatic ring is 1. The van der Waals surface area contributed by atoms with E-state index in [1.807, 2.05) is 14.1 Å². The second-order valence-corrected chi connectivity index (χ2v) is 5.09. The highest BCUT2D eigenvalue weighted by molar-refractivity contribution is 6.32. The summed E-state index contributed by atoms with van der Waals surface area (Å²) < 4.78 is 5.69. The summed E-state index contributed by atoms with van der Waals surface area (Å²) in [4.78, 5) is 2.11. The molecule has 16 heavy (non-hydrogen) atoms. The van der Waals surface area contributed by atoms with Crippen molar-refractivity contribution in [3.8, 4) is 5.75 Å². The molecule has 0 aliphatic carbocycles. The summed E-state index contributed by atoms with van der Waals surface area (Å²) >= 11 is 6.02. The van der Waals surface area contributed by atoms with Gasteiger partial charge in [-0.05, 0) is 46.1 Å². The molecular formula is C12H19ClN2O. The van der Waals surface area contributed by atoms with Crippen molar-refractivity contribution < 1.29 is 4.74 Å². The van der Waals surface area contributed by atoms with Crippen molar-refractivity contribution in [2.75, 3.05) is 26.4 Å². The minimum absolute atomic E-state index is 0.0370. The molecule has 1 aromatic rings. The fourth-order valence-electron chi connectivity index (χ4n) is 1.02. The number of benzene rings is 1. The maximum Gasteiger partial charge on any atom is 0.138 e. The second-order valence-electron chi connectivity index (χ2n) is 4.69. The predicted octanol–water partition coefficient (Wildman–Crippen LogP) is 2.64. The third-order valence-corrected chi connectivity index (χ3v) is 3.04. The van der Waals surface area contributed by atoms with Crippen molar-refractivity contribution in [3.05, 3.63) is 23.2 Å². The zero-order chi connectivity index (χ0) is 12.3. The topological polar surface area (TPSA) is 38.5 Å². The highest BCUT2D eigenvalue weighted by atomic mass is 35.5. The lowest BCUT2D eigenvalue weighted by Gasteiger charge is -2.32. The third kappa shape index (κ3) is 3.29. The molecule has 1 aromatic carbocycles. The van der Waals surface area contributed by atoms with Gasteiger partial charge in [-0.15, -0.1) is 0 Å². The molecule has 3 nitrogen and oxygen atoms in total. The van der Waals surface area contributed by atoms with Crippen LogP contribution in [0.25, 0.3) is 0 Å². The van der Waals surface area contributed by atoms with E-state index in [0.717, 1.165) is 0 Å². The molecule has 0 spiro atoms. The Morgan fingerprint density at radius 3 is 2.50 bits per heavy atom.